The predicted molar refractivity (Wildman–Crippen MR) is 60.0 cm³/mol. The Bertz CT molecular complexity index is 440. The molecule has 0 amide bonds. The lowest BCUT2D eigenvalue weighted by atomic mass is 9.82. The number of rotatable bonds is 4. The minimum atomic E-state index is -1.73. The highest BCUT2D eigenvalue weighted by Crippen LogP contribution is 2.28. The Hall–Kier alpha value is -2.04. The van der Waals surface area contributed by atoms with Crippen LogP contribution >= 0.6 is 0 Å². The molecular formula is C12H14O5. The summed E-state index contributed by atoms with van der Waals surface area (Å²) in [6, 6.07) is 6.35. The van der Waals surface area contributed by atoms with Gasteiger partial charge in [0.05, 0.1) is 14.2 Å². The van der Waals surface area contributed by atoms with Crippen LogP contribution in [0, 0.1) is 0 Å². The van der Waals surface area contributed by atoms with E-state index in [4.69, 9.17) is 4.74 Å². The van der Waals surface area contributed by atoms with Gasteiger partial charge in [-0.25, -0.2) is 0 Å². The summed E-state index contributed by atoms with van der Waals surface area (Å²) < 4.78 is 9.54. The highest BCUT2D eigenvalue weighted by atomic mass is 16.5. The van der Waals surface area contributed by atoms with Gasteiger partial charge >= 0.3 is 11.9 Å². The third-order valence-corrected chi connectivity index (χ3v) is 2.67. The summed E-state index contributed by atoms with van der Waals surface area (Å²) in [4.78, 5) is 22.9. The molecule has 1 rings (SSSR count). The summed E-state index contributed by atoms with van der Waals surface area (Å²) in [6.45, 7) is 1.30. The number of carbonyl (C=O) groups is 2. The molecule has 0 fully saturated rings. The molecule has 0 heterocycles. The first-order valence-corrected chi connectivity index (χ1v) is 4.93. The molecule has 1 N–H and O–H groups in total. The molecule has 0 saturated heterocycles. The smallest absolute Gasteiger partial charge is 0.327 e. The first-order valence-electron chi connectivity index (χ1n) is 4.93. The Morgan fingerprint density at radius 3 is 2.41 bits per heavy atom. The summed E-state index contributed by atoms with van der Waals surface area (Å²) in [5.74, 6) is -1.60. The van der Waals surface area contributed by atoms with E-state index in [0.29, 0.717) is 11.3 Å². The zero-order valence-electron chi connectivity index (χ0n) is 9.89. The van der Waals surface area contributed by atoms with Crippen LogP contribution in [-0.2, 0) is 19.7 Å². The number of aliphatic carboxylic acids is 1. The quantitative estimate of drug-likeness (QED) is 0.630. The molecule has 0 radical (unpaired) electrons. The molecule has 0 saturated carbocycles. The Morgan fingerprint density at radius 2 is 1.94 bits per heavy atom. The largest absolute Gasteiger partial charge is 0.497 e. The molecule has 0 aliphatic rings. The number of benzene rings is 1. The molecule has 1 aromatic rings. The van der Waals surface area contributed by atoms with Crippen molar-refractivity contribution in [3.05, 3.63) is 29.8 Å². The molecule has 0 aromatic heterocycles. The van der Waals surface area contributed by atoms with Crippen molar-refractivity contribution < 1.29 is 24.2 Å². The molecule has 0 spiro atoms. The zero-order chi connectivity index (χ0) is 13.1. The summed E-state index contributed by atoms with van der Waals surface area (Å²) in [5.41, 5.74) is -1.42. The number of hydrogen-bond acceptors (Lipinski definition) is 4. The number of methoxy groups -OCH3 is 2. The van der Waals surface area contributed by atoms with E-state index < -0.39 is 17.4 Å². The second-order valence-electron chi connectivity index (χ2n) is 3.65. The number of esters is 1. The number of carbonyl (C=O) groups excluding carboxylic acids is 1. The monoisotopic (exact) mass is 238 g/mol. The lowest BCUT2D eigenvalue weighted by molar-refractivity contribution is -0.158. The Balaban J connectivity index is 3.32. The van der Waals surface area contributed by atoms with Gasteiger partial charge in [-0.3, -0.25) is 9.59 Å². The molecule has 0 aliphatic carbocycles. The van der Waals surface area contributed by atoms with Crippen LogP contribution < -0.4 is 4.74 Å². The average molecular weight is 238 g/mol. The van der Waals surface area contributed by atoms with Gasteiger partial charge in [0.25, 0.3) is 0 Å². The van der Waals surface area contributed by atoms with Crippen molar-refractivity contribution in [1.29, 1.82) is 0 Å². The summed E-state index contributed by atoms with van der Waals surface area (Å²) in [5, 5.41) is 9.21. The minimum absolute atomic E-state index is 0.316. The van der Waals surface area contributed by atoms with Gasteiger partial charge in [0, 0.05) is 0 Å². The van der Waals surface area contributed by atoms with E-state index in [1.807, 2.05) is 0 Å². The van der Waals surface area contributed by atoms with Crippen molar-refractivity contribution in [2.75, 3.05) is 14.2 Å². The Kier molecular flexibility index (Phi) is 3.73. The van der Waals surface area contributed by atoms with Crippen molar-refractivity contribution in [3.8, 4) is 5.75 Å². The Morgan fingerprint density at radius 1 is 1.29 bits per heavy atom. The molecule has 92 valence electrons. The van der Waals surface area contributed by atoms with Crippen molar-refractivity contribution in [2.24, 2.45) is 0 Å². The molecule has 1 atom stereocenters. The zero-order valence-corrected chi connectivity index (χ0v) is 9.89. The predicted octanol–water partition coefficient (Wildman–Crippen LogP) is 1.21. The van der Waals surface area contributed by atoms with E-state index in [0.717, 1.165) is 7.11 Å². The molecule has 5 heteroatoms. The van der Waals surface area contributed by atoms with E-state index >= 15 is 0 Å². The highest BCUT2D eigenvalue weighted by Gasteiger charge is 2.44. The molecule has 0 aliphatic heterocycles. The van der Waals surface area contributed by atoms with Crippen molar-refractivity contribution in [3.63, 3.8) is 0 Å². The third-order valence-electron chi connectivity index (χ3n) is 2.67. The minimum Gasteiger partial charge on any atom is -0.497 e. The van der Waals surface area contributed by atoms with Crippen LogP contribution in [0.5, 0.6) is 5.75 Å². The summed E-state index contributed by atoms with van der Waals surface area (Å²) >= 11 is 0. The van der Waals surface area contributed by atoms with E-state index in [1.165, 1.54) is 20.1 Å². The maximum Gasteiger partial charge on any atom is 0.327 e. The van der Waals surface area contributed by atoms with Crippen LogP contribution in [-0.4, -0.2) is 31.3 Å². The topological polar surface area (TPSA) is 72.8 Å². The second kappa shape index (κ2) is 4.86. The second-order valence-corrected chi connectivity index (χ2v) is 3.65. The number of carboxylic acid groups (broad SMARTS) is 1. The standard InChI is InChI=1S/C12H14O5/c1-12(10(13)14,11(15)17-3)8-5-4-6-9(7-8)16-2/h4-7H,1-3H3,(H,13,14)/t12-/m1/s1. The number of ether oxygens (including phenoxy) is 2. The SMILES string of the molecule is COC(=O)[C@@](C)(C(=O)O)c1cccc(OC)c1. The summed E-state index contributed by atoms with van der Waals surface area (Å²) in [7, 11) is 2.62. The maximum atomic E-state index is 11.6. The van der Waals surface area contributed by atoms with Crippen LogP contribution in [0.1, 0.15) is 12.5 Å². The van der Waals surface area contributed by atoms with Gasteiger partial charge in [0.2, 0.25) is 0 Å². The van der Waals surface area contributed by atoms with Crippen LogP contribution in [0.4, 0.5) is 0 Å². The van der Waals surface area contributed by atoms with Gasteiger partial charge in [-0.05, 0) is 24.6 Å². The first kappa shape index (κ1) is 13.0. The first-order chi connectivity index (χ1) is 7.96. The summed E-state index contributed by atoms with van der Waals surface area (Å²) in [6.07, 6.45) is 0. The fourth-order valence-electron chi connectivity index (χ4n) is 1.47. The van der Waals surface area contributed by atoms with Crippen molar-refractivity contribution in [1.82, 2.24) is 0 Å². The molecule has 17 heavy (non-hydrogen) atoms. The van der Waals surface area contributed by atoms with E-state index in [9.17, 15) is 14.7 Å². The van der Waals surface area contributed by atoms with E-state index in [-0.39, 0.29) is 0 Å². The van der Waals surface area contributed by atoms with Gasteiger partial charge < -0.3 is 14.6 Å². The fourth-order valence-corrected chi connectivity index (χ4v) is 1.47. The average Bonchev–Trinajstić information content (AvgIpc) is 2.36. The van der Waals surface area contributed by atoms with E-state index in [1.54, 1.807) is 18.2 Å². The van der Waals surface area contributed by atoms with Crippen LogP contribution in [0.2, 0.25) is 0 Å². The lowest BCUT2D eigenvalue weighted by Gasteiger charge is -2.22. The molecule has 5 nitrogen and oxygen atoms in total. The van der Waals surface area contributed by atoms with E-state index in [2.05, 4.69) is 4.74 Å². The third kappa shape index (κ3) is 2.22. The molecule has 1 aromatic carbocycles. The maximum absolute atomic E-state index is 11.6. The van der Waals surface area contributed by atoms with Gasteiger partial charge in [0.15, 0.2) is 5.41 Å². The highest BCUT2D eigenvalue weighted by molar-refractivity contribution is 6.05. The number of carboxylic acids is 1. The van der Waals surface area contributed by atoms with Crippen molar-refractivity contribution >= 4 is 11.9 Å². The fraction of sp³-hybridized carbons (Fsp3) is 0.333. The number of hydrogen-bond donors (Lipinski definition) is 1. The van der Waals surface area contributed by atoms with Crippen molar-refractivity contribution in [2.45, 2.75) is 12.3 Å². The van der Waals surface area contributed by atoms with Gasteiger partial charge in [-0.1, -0.05) is 12.1 Å². The van der Waals surface area contributed by atoms with Gasteiger partial charge in [-0.15, -0.1) is 0 Å². The van der Waals surface area contributed by atoms with Crippen LogP contribution in [0.25, 0.3) is 0 Å². The van der Waals surface area contributed by atoms with Gasteiger partial charge in [0.1, 0.15) is 5.75 Å². The lowest BCUT2D eigenvalue weighted by Crippen LogP contribution is -2.41. The normalized spacial score (nSPS) is 13.6. The van der Waals surface area contributed by atoms with Crippen LogP contribution in [0.3, 0.4) is 0 Å². The molecule has 0 bridgehead atoms. The van der Waals surface area contributed by atoms with Crippen LogP contribution in [0.15, 0.2) is 24.3 Å². The Labute approximate surface area is 99.0 Å². The molecule has 0 unspecified atom stereocenters. The molecular weight excluding hydrogens is 224 g/mol. The van der Waals surface area contributed by atoms with Gasteiger partial charge in [-0.2, -0.15) is 0 Å².